The maximum Gasteiger partial charge on any atom is 0.336 e. The lowest BCUT2D eigenvalue weighted by molar-refractivity contribution is 0.559. The van der Waals surface area contributed by atoms with Gasteiger partial charge in [-0.25, -0.2) is 4.79 Å². The average molecular weight is 354 g/mol. The molecule has 0 saturated carbocycles. The third-order valence-corrected chi connectivity index (χ3v) is 5.44. The lowest BCUT2D eigenvalue weighted by atomic mass is 10.1. The van der Waals surface area contributed by atoms with Crippen LogP contribution >= 0.6 is 34.7 Å². The lowest BCUT2D eigenvalue weighted by Gasteiger charge is -2.07. The highest BCUT2D eigenvalue weighted by molar-refractivity contribution is 8.00. The van der Waals surface area contributed by atoms with Crippen LogP contribution in [-0.2, 0) is 12.2 Å². The van der Waals surface area contributed by atoms with E-state index in [-0.39, 0.29) is 5.63 Å². The first-order chi connectivity index (χ1) is 10.6. The number of anilines is 1. The smallest absolute Gasteiger partial charge is 0.336 e. The molecule has 5 nitrogen and oxygen atoms in total. The highest BCUT2D eigenvalue weighted by Gasteiger charge is 2.11. The van der Waals surface area contributed by atoms with E-state index in [0.717, 1.165) is 27.3 Å². The summed E-state index contributed by atoms with van der Waals surface area (Å²) in [6.07, 6.45) is 0.779. The molecule has 0 saturated heterocycles. The van der Waals surface area contributed by atoms with E-state index < -0.39 is 0 Å². The molecule has 0 aliphatic carbocycles. The third-order valence-electron chi connectivity index (χ3n) is 3.15. The molecule has 22 heavy (non-hydrogen) atoms. The van der Waals surface area contributed by atoms with Crippen molar-refractivity contribution in [1.82, 2.24) is 10.2 Å². The topological polar surface area (TPSA) is 82.0 Å². The van der Waals surface area contributed by atoms with Crippen LogP contribution in [0.3, 0.4) is 0 Å². The number of aromatic nitrogens is 2. The summed E-state index contributed by atoms with van der Waals surface area (Å²) in [5.74, 6) is 0.568. The van der Waals surface area contributed by atoms with Gasteiger partial charge in [-0.05, 0) is 29.7 Å². The second-order valence-corrected chi connectivity index (χ2v) is 7.22. The number of hydrogen-bond donors (Lipinski definition) is 1. The number of benzene rings is 1. The fourth-order valence-electron chi connectivity index (χ4n) is 2.10. The van der Waals surface area contributed by atoms with Gasteiger partial charge >= 0.3 is 5.63 Å². The predicted octanol–water partition coefficient (Wildman–Crippen LogP) is 3.73. The van der Waals surface area contributed by atoms with Crippen LogP contribution in [0.4, 0.5) is 5.13 Å². The highest BCUT2D eigenvalue weighted by Crippen LogP contribution is 2.31. The molecule has 2 heterocycles. The van der Waals surface area contributed by atoms with Gasteiger partial charge in [0.2, 0.25) is 5.13 Å². The largest absolute Gasteiger partial charge is 0.423 e. The number of hydrogen-bond acceptors (Lipinski definition) is 7. The maximum absolute atomic E-state index is 11.7. The second-order valence-electron chi connectivity index (χ2n) is 4.58. The summed E-state index contributed by atoms with van der Waals surface area (Å²) in [5, 5.41) is 9.67. The van der Waals surface area contributed by atoms with Crippen molar-refractivity contribution in [2.45, 2.75) is 23.4 Å². The molecule has 114 valence electrons. The number of nitrogen functional groups attached to an aromatic ring is 1. The molecule has 1 aromatic carbocycles. The van der Waals surface area contributed by atoms with Crippen LogP contribution in [0.15, 0.2) is 31.8 Å². The van der Waals surface area contributed by atoms with Gasteiger partial charge in [0.05, 0.1) is 0 Å². The van der Waals surface area contributed by atoms with Crippen LogP contribution in [-0.4, -0.2) is 10.2 Å². The predicted molar refractivity (Wildman–Crippen MR) is 90.8 cm³/mol. The van der Waals surface area contributed by atoms with Crippen molar-refractivity contribution in [3.8, 4) is 0 Å². The maximum atomic E-state index is 11.7. The summed E-state index contributed by atoms with van der Waals surface area (Å²) in [6, 6.07) is 5.17. The van der Waals surface area contributed by atoms with Gasteiger partial charge in [-0.15, -0.1) is 10.2 Å². The van der Waals surface area contributed by atoms with Crippen molar-refractivity contribution in [3.05, 3.63) is 44.8 Å². The number of fused-ring (bicyclic) bond motifs is 1. The van der Waals surface area contributed by atoms with Crippen LogP contribution in [0.2, 0.25) is 5.02 Å². The number of thioether (sulfide) groups is 1. The molecule has 0 radical (unpaired) electrons. The van der Waals surface area contributed by atoms with Gasteiger partial charge in [0.15, 0.2) is 4.34 Å². The SMILES string of the molecule is CCc1cc2oc(=O)cc(CSc3nnc(N)s3)c2cc1Cl. The van der Waals surface area contributed by atoms with E-state index in [0.29, 0.717) is 21.5 Å². The summed E-state index contributed by atoms with van der Waals surface area (Å²) in [4.78, 5) is 11.7. The van der Waals surface area contributed by atoms with Crippen LogP contribution in [0.25, 0.3) is 11.0 Å². The van der Waals surface area contributed by atoms with Crippen LogP contribution < -0.4 is 11.4 Å². The molecule has 8 heteroatoms. The van der Waals surface area contributed by atoms with Gasteiger partial charge in [0.25, 0.3) is 0 Å². The van der Waals surface area contributed by atoms with Crippen molar-refractivity contribution < 1.29 is 4.42 Å². The van der Waals surface area contributed by atoms with Crippen molar-refractivity contribution in [3.63, 3.8) is 0 Å². The summed E-state index contributed by atoms with van der Waals surface area (Å²) in [5.41, 5.74) is 7.56. The zero-order valence-electron chi connectivity index (χ0n) is 11.6. The molecule has 3 aromatic rings. The highest BCUT2D eigenvalue weighted by atomic mass is 35.5. The molecule has 0 aliphatic rings. The molecule has 0 fully saturated rings. The van der Waals surface area contributed by atoms with Crippen molar-refractivity contribution >= 4 is 50.8 Å². The van der Waals surface area contributed by atoms with E-state index in [1.54, 1.807) is 0 Å². The van der Waals surface area contributed by atoms with Gasteiger partial charge < -0.3 is 10.2 Å². The zero-order chi connectivity index (χ0) is 15.7. The van der Waals surface area contributed by atoms with E-state index in [4.69, 9.17) is 21.8 Å². The summed E-state index contributed by atoms with van der Waals surface area (Å²) in [6.45, 7) is 2.00. The molecule has 0 spiro atoms. The molecule has 0 unspecified atom stereocenters. The summed E-state index contributed by atoms with van der Waals surface area (Å²) in [7, 11) is 0. The number of halogens is 1. The number of nitrogens with two attached hydrogens (primary N) is 1. The van der Waals surface area contributed by atoms with Crippen molar-refractivity contribution in [1.29, 1.82) is 0 Å². The first-order valence-corrected chi connectivity index (χ1v) is 8.71. The van der Waals surface area contributed by atoms with Gasteiger partial charge in [0, 0.05) is 22.2 Å². The Morgan fingerprint density at radius 2 is 2.14 bits per heavy atom. The van der Waals surface area contributed by atoms with Crippen LogP contribution in [0, 0.1) is 0 Å². The van der Waals surface area contributed by atoms with E-state index in [9.17, 15) is 4.79 Å². The molecule has 2 aromatic heterocycles. The minimum absolute atomic E-state index is 0.371. The quantitative estimate of drug-likeness (QED) is 0.568. The molecule has 2 N–H and O–H groups in total. The van der Waals surface area contributed by atoms with Gasteiger partial charge in [-0.3, -0.25) is 0 Å². The number of aryl methyl sites for hydroxylation is 1. The minimum atomic E-state index is -0.371. The van der Waals surface area contributed by atoms with Crippen LogP contribution in [0.1, 0.15) is 18.1 Å². The number of nitrogens with zero attached hydrogens (tertiary/aromatic N) is 2. The fraction of sp³-hybridized carbons (Fsp3) is 0.214. The van der Waals surface area contributed by atoms with Crippen LogP contribution in [0.5, 0.6) is 0 Å². The Bertz CT molecular complexity index is 891. The van der Waals surface area contributed by atoms with E-state index in [2.05, 4.69) is 10.2 Å². The fourth-order valence-corrected chi connectivity index (χ4v) is 4.02. The van der Waals surface area contributed by atoms with Gasteiger partial charge in [0.1, 0.15) is 5.58 Å². The first-order valence-electron chi connectivity index (χ1n) is 6.53. The van der Waals surface area contributed by atoms with Crippen molar-refractivity contribution in [2.24, 2.45) is 0 Å². The van der Waals surface area contributed by atoms with Gasteiger partial charge in [-0.2, -0.15) is 0 Å². The molecule has 0 bridgehead atoms. The Morgan fingerprint density at radius 1 is 1.32 bits per heavy atom. The summed E-state index contributed by atoms with van der Waals surface area (Å²) < 4.78 is 6.05. The minimum Gasteiger partial charge on any atom is -0.423 e. The van der Waals surface area contributed by atoms with E-state index in [1.807, 2.05) is 19.1 Å². The monoisotopic (exact) mass is 353 g/mol. The molecule has 0 atom stereocenters. The molecular weight excluding hydrogens is 342 g/mol. The summed E-state index contributed by atoms with van der Waals surface area (Å²) >= 11 is 9.06. The Hall–Kier alpha value is -1.57. The molecule has 0 aliphatic heterocycles. The molecular formula is C14H12ClN3O2S2. The zero-order valence-corrected chi connectivity index (χ0v) is 14.0. The average Bonchev–Trinajstić information content (AvgIpc) is 2.90. The normalized spacial score (nSPS) is 11.2. The first kappa shape index (κ1) is 15.3. The van der Waals surface area contributed by atoms with E-state index in [1.165, 1.54) is 29.2 Å². The van der Waals surface area contributed by atoms with E-state index >= 15 is 0 Å². The lowest BCUT2D eigenvalue weighted by Crippen LogP contribution is -2.00. The second kappa shape index (κ2) is 6.28. The third kappa shape index (κ3) is 3.11. The Kier molecular flexibility index (Phi) is 4.37. The standard InChI is InChI=1S/C14H12ClN3O2S2/c1-2-7-3-11-9(5-10(7)15)8(4-12(19)20-11)6-21-14-18-17-13(16)22-14/h3-5H,2,6H2,1H3,(H2,16,17). The van der Waals surface area contributed by atoms with Gasteiger partial charge in [-0.1, -0.05) is 41.6 Å². The Labute approximate surface area is 139 Å². The van der Waals surface area contributed by atoms with Crippen molar-refractivity contribution in [2.75, 3.05) is 5.73 Å². The Balaban J connectivity index is 2.00. The molecule has 3 rings (SSSR count). The number of rotatable bonds is 4. The molecule has 0 amide bonds. The Morgan fingerprint density at radius 3 is 2.82 bits per heavy atom.